The quantitative estimate of drug-likeness (QED) is 0.857. The van der Waals surface area contributed by atoms with Gasteiger partial charge < -0.3 is 10.4 Å². The Morgan fingerprint density at radius 2 is 1.86 bits per heavy atom. The van der Waals surface area contributed by atoms with Crippen LogP contribution in [-0.2, 0) is 16.0 Å². The molecule has 0 heterocycles. The Labute approximate surface area is 123 Å². The lowest BCUT2D eigenvalue weighted by Gasteiger charge is -2.13. The average molecular weight is 285 g/mol. The van der Waals surface area contributed by atoms with E-state index in [2.05, 4.69) is 5.32 Å². The third-order valence-corrected chi connectivity index (χ3v) is 3.51. The molecule has 0 aromatic heterocycles. The summed E-state index contributed by atoms with van der Waals surface area (Å²) in [7, 11) is 0. The van der Waals surface area contributed by atoms with Gasteiger partial charge in [-0.1, -0.05) is 49.4 Å². The van der Waals surface area contributed by atoms with Gasteiger partial charge >= 0.3 is 5.97 Å². The highest BCUT2D eigenvalue weighted by atomic mass is 16.4. The van der Waals surface area contributed by atoms with Crippen molar-refractivity contribution in [3.63, 3.8) is 0 Å². The summed E-state index contributed by atoms with van der Waals surface area (Å²) in [6.07, 6.45) is 0.770. The van der Waals surface area contributed by atoms with Crippen LogP contribution in [0.2, 0.25) is 0 Å². The Morgan fingerprint density at radius 1 is 1.14 bits per heavy atom. The van der Waals surface area contributed by atoms with Crippen molar-refractivity contribution < 1.29 is 14.7 Å². The molecular formula is C17H19NO3. The predicted molar refractivity (Wildman–Crippen MR) is 82.1 cm³/mol. The fourth-order valence-electron chi connectivity index (χ4n) is 2.26. The van der Waals surface area contributed by atoms with Gasteiger partial charge in [0.15, 0.2) is 0 Å². The van der Waals surface area contributed by atoms with Crippen molar-refractivity contribution in [2.45, 2.75) is 19.8 Å². The highest BCUT2D eigenvalue weighted by Gasteiger charge is 2.18. The summed E-state index contributed by atoms with van der Waals surface area (Å²) < 4.78 is 0. The van der Waals surface area contributed by atoms with Crippen LogP contribution >= 0.6 is 0 Å². The molecule has 2 aromatic carbocycles. The van der Waals surface area contributed by atoms with Crippen LogP contribution in [0.4, 0.5) is 0 Å². The molecule has 0 unspecified atom stereocenters. The number of carboxylic acids is 1. The maximum atomic E-state index is 11.3. The number of nitrogens with one attached hydrogen (secondary N) is 1. The molecule has 1 amide bonds. The first kappa shape index (κ1) is 15.0. The number of fused-ring (bicyclic) bond motifs is 1. The van der Waals surface area contributed by atoms with Crippen LogP contribution < -0.4 is 5.32 Å². The molecule has 0 bridgehead atoms. The molecular weight excluding hydrogens is 266 g/mol. The second-order valence-corrected chi connectivity index (χ2v) is 5.08. The molecule has 2 rings (SSSR count). The fourth-order valence-corrected chi connectivity index (χ4v) is 2.26. The second-order valence-electron chi connectivity index (χ2n) is 5.08. The average Bonchev–Trinajstić information content (AvgIpc) is 2.50. The van der Waals surface area contributed by atoms with Crippen molar-refractivity contribution in [1.82, 2.24) is 5.32 Å². The van der Waals surface area contributed by atoms with E-state index in [0.29, 0.717) is 12.8 Å². The molecule has 21 heavy (non-hydrogen) atoms. The van der Waals surface area contributed by atoms with Crippen molar-refractivity contribution in [3.05, 3.63) is 48.0 Å². The standard InChI is InChI=1S/C17H19NO3/c1-2-16(19)18-11-15(17(20)21)10-12-7-8-13-5-3-4-6-14(13)9-12/h3-9,15H,2,10-11H2,1H3,(H,18,19)(H,20,21)/t15-/m1/s1. The van der Waals surface area contributed by atoms with Crippen LogP contribution in [-0.4, -0.2) is 23.5 Å². The van der Waals surface area contributed by atoms with Crippen LogP contribution in [0.5, 0.6) is 0 Å². The Hall–Kier alpha value is -2.36. The minimum Gasteiger partial charge on any atom is -0.481 e. The molecule has 0 radical (unpaired) electrons. The summed E-state index contributed by atoms with van der Waals surface area (Å²) >= 11 is 0. The normalized spacial score (nSPS) is 12.0. The SMILES string of the molecule is CCC(=O)NC[C@@H](Cc1ccc2ccccc2c1)C(=O)O. The van der Waals surface area contributed by atoms with Gasteiger partial charge in [0.05, 0.1) is 5.92 Å². The maximum Gasteiger partial charge on any atom is 0.308 e. The zero-order chi connectivity index (χ0) is 15.2. The Bertz CT molecular complexity index is 651. The monoisotopic (exact) mass is 285 g/mol. The number of amides is 1. The Kier molecular flexibility index (Phi) is 4.93. The van der Waals surface area contributed by atoms with Crippen LogP contribution in [0.25, 0.3) is 10.8 Å². The lowest BCUT2D eigenvalue weighted by atomic mass is 9.97. The van der Waals surface area contributed by atoms with Gasteiger partial charge in [0.25, 0.3) is 0 Å². The van der Waals surface area contributed by atoms with E-state index in [1.807, 2.05) is 42.5 Å². The van der Waals surface area contributed by atoms with Crippen LogP contribution in [0.15, 0.2) is 42.5 Å². The molecule has 0 aliphatic rings. The molecule has 0 saturated heterocycles. The highest BCUT2D eigenvalue weighted by Crippen LogP contribution is 2.18. The molecule has 0 spiro atoms. The van der Waals surface area contributed by atoms with Crippen molar-refractivity contribution in [2.75, 3.05) is 6.54 Å². The summed E-state index contributed by atoms with van der Waals surface area (Å²) in [4.78, 5) is 22.6. The molecule has 0 saturated carbocycles. The topological polar surface area (TPSA) is 66.4 Å². The largest absolute Gasteiger partial charge is 0.481 e. The number of carbonyl (C=O) groups is 2. The van der Waals surface area contributed by atoms with Crippen molar-refractivity contribution >= 4 is 22.6 Å². The minimum absolute atomic E-state index is 0.125. The first-order valence-electron chi connectivity index (χ1n) is 7.07. The zero-order valence-electron chi connectivity index (χ0n) is 12.0. The Balaban J connectivity index is 2.11. The van der Waals surface area contributed by atoms with E-state index in [0.717, 1.165) is 16.3 Å². The van der Waals surface area contributed by atoms with E-state index in [9.17, 15) is 14.7 Å². The molecule has 2 N–H and O–H groups in total. The lowest BCUT2D eigenvalue weighted by Crippen LogP contribution is -2.33. The van der Waals surface area contributed by atoms with E-state index in [1.165, 1.54) is 0 Å². The molecule has 4 nitrogen and oxygen atoms in total. The van der Waals surface area contributed by atoms with Gasteiger partial charge in [-0.15, -0.1) is 0 Å². The number of hydrogen-bond donors (Lipinski definition) is 2. The van der Waals surface area contributed by atoms with E-state index < -0.39 is 11.9 Å². The van der Waals surface area contributed by atoms with E-state index >= 15 is 0 Å². The van der Waals surface area contributed by atoms with Gasteiger partial charge in [-0.3, -0.25) is 9.59 Å². The van der Waals surface area contributed by atoms with Crippen molar-refractivity contribution in [1.29, 1.82) is 0 Å². The van der Waals surface area contributed by atoms with Gasteiger partial charge in [0.1, 0.15) is 0 Å². The predicted octanol–water partition coefficient (Wildman–Crippen LogP) is 2.61. The molecule has 0 aliphatic carbocycles. The summed E-state index contributed by atoms with van der Waals surface area (Å²) in [6.45, 7) is 1.91. The highest BCUT2D eigenvalue weighted by molar-refractivity contribution is 5.83. The van der Waals surface area contributed by atoms with Gasteiger partial charge in [0.2, 0.25) is 5.91 Å². The molecule has 110 valence electrons. The zero-order valence-corrected chi connectivity index (χ0v) is 12.0. The third-order valence-electron chi connectivity index (χ3n) is 3.51. The number of rotatable bonds is 6. The number of carboxylic acid groups (broad SMARTS) is 1. The van der Waals surface area contributed by atoms with Gasteiger partial charge in [-0.2, -0.15) is 0 Å². The number of hydrogen-bond acceptors (Lipinski definition) is 2. The van der Waals surface area contributed by atoms with Crippen LogP contribution in [0.1, 0.15) is 18.9 Å². The number of carbonyl (C=O) groups excluding carboxylic acids is 1. The van der Waals surface area contributed by atoms with Gasteiger partial charge in [0, 0.05) is 13.0 Å². The first-order chi connectivity index (χ1) is 10.1. The first-order valence-corrected chi connectivity index (χ1v) is 7.07. The maximum absolute atomic E-state index is 11.3. The summed E-state index contributed by atoms with van der Waals surface area (Å²) in [5.74, 6) is -1.62. The molecule has 0 fully saturated rings. The molecule has 2 aromatic rings. The number of aliphatic carboxylic acids is 1. The minimum atomic E-state index is -0.889. The fraction of sp³-hybridized carbons (Fsp3) is 0.294. The van der Waals surface area contributed by atoms with Gasteiger partial charge in [-0.05, 0) is 22.8 Å². The molecule has 0 aliphatic heterocycles. The molecule has 1 atom stereocenters. The third kappa shape index (κ3) is 4.05. The Morgan fingerprint density at radius 3 is 2.52 bits per heavy atom. The lowest BCUT2D eigenvalue weighted by molar-refractivity contribution is -0.141. The van der Waals surface area contributed by atoms with Crippen LogP contribution in [0.3, 0.4) is 0 Å². The summed E-state index contributed by atoms with van der Waals surface area (Å²) in [5.41, 5.74) is 0.965. The molecule has 4 heteroatoms. The van der Waals surface area contributed by atoms with Gasteiger partial charge in [-0.25, -0.2) is 0 Å². The summed E-state index contributed by atoms with van der Waals surface area (Å²) in [6, 6.07) is 13.9. The van der Waals surface area contributed by atoms with E-state index in [4.69, 9.17) is 0 Å². The van der Waals surface area contributed by atoms with Crippen molar-refractivity contribution in [2.24, 2.45) is 5.92 Å². The van der Waals surface area contributed by atoms with E-state index in [1.54, 1.807) is 6.92 Å². The smallest absolute Gasteiger partial charge is 0.308 e. The van der Waals surface area contributed by atoms with Crippen molar-refractivity contribution in [3.8, 4) is 0 Å². The van der Waals surface area contributed by atoms with E-state index in [-0.39, 0.29) is 12.5 Å². The summed E-state index contributed by atoms with van der Waals surface area (Å²) in [5, 5.41) is 14.2. The van der Waals surface area contributed by atoms with Crippen LogP contribution in [0, 0.1) is 5.92 Å². The second kappa shape index (κ2) is 6.88. The number of benzene rings is 2.